The highest BCUT2D eigenvalue weighted by Gasteiger charge is 2.35. The van der Waals surface area contributed by atoms with Crippen LogP contribution in [0.5, 0.6) is 5.75 Å². The molecule has 2 aliphatic carbocycles. The molecule has 1 N–H and O–H groups in total. The van der Waals surface area contributed by atoms with E-state index in [4.69, 9.17) is 14.2 Å². The zero-order chi connectivity index (χ0) is 18.4. The van der Waals surface area contributed by atoms with Crippen molar-refractivity contribution >= 4 is 10.0 Å². The molecule has 0 heterocycles. The van der Waals surface area contributed by atoms with E-state index in [0.717, 1.165) is 30.8 Å². The van der Waals surface area contributed by atoms with Crippen LogP contribution in [0.1, 0.15) is 43.7 Å². The summed E-state index contributed by atoms with van der Waals surface area (Å²) in [7, 11) is -1.82. The minimum absolute atomic E-state index is 0.0534. The van der Waals surface area contributed by atoms with E-state index in [2.05, 4.69) is 4.72 Å². The predicted octanol–water partition coefficient (Wildman–Crippen LogP) is 2.86. The van der Waals surface area contributed by atoms with Gasteiger partial charge in [0.1, 0.15) is 12.5 Å². The van der Waals surface area contributed by atoms with Gasteiger partial charge in [-0.2, -0.15) is 0 Å². The molecule has 2 fully saturated rings. The van der Waals surface area contributed by atoms with Gasteiger partial charge >= 0.3 is 0 Å². The smallest absolute Gasteiger partial charge is 0.212 e. The van der Waals surface area contributed by atoms with Crippen molar-refractivity contribution in [2.24, 2.45) is 11.8 Å². The number of sulfonamides is 1. The predicted molar refractivity (Wildman–Crippen MR) is 99.5 cm³/mol. The number of benzene rings is 1. The molecular formula is C19H29NO5S. The zero-order valence-corrected chi connectivity index (χ0v) is 16.2. The lowest BCUT2D eigenvalue weighted by molar-refractivity contribution is -0.0298. The van der Waals surface area contributed by atoms with E-state index in [1.165, 1.54) is 12.8 Å². The number of hydrogen-bond donors (Lipinski definition) is 1. The third-order valence-electron chi connectivity index (χ3n) is 4.70. The van der Waals surface area contributed by atoms with Crippen LogP contribution in [0.25, 0.3) is 0 Å². The maximum atomic E-state index is 12.5. The van der Waals surface area contributed by atoms with Crippen LogP contribution in [0.2, 0.25) is 0 Å². The van der Waals surface area contributed by atoms with Crippen LogP contribution in [0.4, 0.5) is 0 Å². The van der Waals surface area contributed by atoms with Crippen molar-refractivity contribution in [1.82, 2.24) is 4.72 Å². The molecule has 0 spiro atoms. The van der Waals surface area contributed by atoms with E-state index in [-0.39, 0.29) is 18.6 Å². The Labute approximate surface area is 156 Å². The molecule has 7 heteroatoms. The fraction of sp³-hybridized carbons (Fsp3) is 0.684. The second kappa shape index (κ2) is 9.17. The maximum absolute atomic E-state index is 12.5. The van der Waals surface area contributed by atoms with Crippen molar-refractivity contribution in [1.29, 1.82) is 0 Å². The molecule has 6 nitrogen and oxygen atoms in total. The van der Waals surface area contributed by atoms with E-state index in [1.54, 1.807) is 7.11 Å². The van der Waals surface area contributed by atoms with Gasteiger partial charge in [0.15, 0.2) is 0 Å². The molecule has 1 atom stereocenters. The van der Waals surface area contributed by atoms with Gasteiger partial charge in [0.25, 0.3) is 0 Å². The highest BCUT2D eigenvalue weighted by Crippen LogP contribution is 2.42. The van der Waals surface area contributed by atoms with Crippen LogP contribution in [-0.4, -0.2) is 41.3 Å². The topological polar surface area (TPSA) is 73.9 Å². The molecule has 0 aromatic heterocycles. The van der Waals surface area contributed by atoms with Crippen LogP contribution in [-0.2, 0) is 19.5 Å². The van der Waals surface area contributed by atoms with Crippen LogP contribution in [0.3, 0.4) is 0 Å². The van der Waals surface area contributed by atoms with E-state index in [1.807, 2.05) is 24.3 Å². The third-order valence-corrected chi connectivity index (χ3v) is 6.14. The van der Waals surface area contributed by atoms with Crippen LogP contribution >= 0.6 is 0 Å². The van der Waals surface area contributed by atoms with Crippen molar-refractivity contribution < 1.29 is 22.6 Å². The number of hydrogen-bond acceptors (Lipinski definition) is 5. The Balaban J connectivity index is 1.57. The average Bonchev–Trinajstić information content (AvgIpc) is 3.52. The summed E-state index contributed by atoms with van der Waals surface area (Å²) in [4.78, 5) is 0. The van der Waals surface area contributed by atoms with Gasteiger partial charge in [-0.1, -0.05) is 12.1 Å². The Morgan fingerprint density at radius 2 is 2.04 bits per heavy atom. The van der Waals surface area contributed by atoms with Gasteiger partial charge in [0.05, 0.1) is 19.0 Å². The summed E-state index contributed by atoms with van der Waals surface area (Å²) < 4.78 is 43.6. The third kappa shape index (κ3) is 6.54. The molecule has 0 saturated heterocycles. The zero-order valence-electron chi connectivity index (χ0n) is 15.4. The first-order valence-electron chi connectivity index (χ1n) is 9.37. The van der Waals surface area contributed by atoms with Crippen LogP contribution in [0, 0.1) is 11.8 Å². The number of methoxy groups -OCH3 is 1. The maximum Gasteiger partial charge on any atom is 0.212 e. The molecule has 0 radical (unpaired) electrons. The van der Waals surface area contributed by atoms with Gasteiger partial charge in [-0.3, -0.25) is 0 Å². The van der Waals surface area contributed by atoms with Crippen LogP contribution in [0.15, 0.2) is 24.3 Å². The number of ether oxygens (including phenoxy) is 3. The molecule has 26 heavy (non-hydrogen) atoms. The lowest BCUT2D eigenvalue weighted by Gasteiger charge is -2.20. The first kappa shape index (κ1) is 19.6. The first-order valence-corrected chi connectivity index (χ1v) is 11.0. The quantitative estimate of drug-likeness (QED) is 0.419. The largest absolute Gasteiger partial charge is 0.493 e. The summed E-state index contributed by atoms with van der Waals surface area (Å²) in [6.07, 6.45) is 5.05. The number of nitrogens with one attached hydrogen (secondary N) is 1. The van der Waals surface area contributed by atoms with Gasteiger partial charge < -0.3 is 14.2 Å². The van der Waals surface area contributed by atoms with Gasteiger partial charge in [-0.25, -0.2) is 13.1 Å². The summed E-state index contributed by atoms with van der Waals surface area (Å²) in [6, 6.07) is 7.67. The standard InChI is InChI=1S/C19H29NO5S/c1-23-14-24-10-3-11-26(21,22)20-19(16-8-9-16)17-4-2-5-18(12-17)25-13-15-6-7-15/h2,4-5,12,15-16,19-20H,3,6-11,13-14H2,1H3. The summed E-state index contributed by atoms with van der Waals surface area (Å²) in [5.74, 6) is 1.94. The SMILES string of the molecule is COCOCCCS(=O)(=O)NC(c1cccc(OCC2CC2)c1)C1CC1. The van der Waals surface area contributed by atoms with Crippen molar-refractivity contribution in [3.05, 3.63) is 29.8 Å². The second-order valence-electron chi connectivity index (χ2n) is 7.25. The molecular weight excluding hydrogens is 354 g/mol. The Kier molecular flexibility index (Phi) is 6.92. The van der Waals surface area contributed by atoms with E-state index in [0.29, 0.717) is 24.9 Å². The molecule has 1 aromatic rings. The molecule has 146 valence electrons. The molecule has 1 aromatic carbocycles. The van der Waals surface area contributed by atoms with Gasteiger partial charge in [0, 0.05) is 13.2 Å². The molecule has 0 aliphatic heterocycles. The molecule has 0 amide bonds. The van der Waals surface area contributed by atoms with E-state index in [9.17, 15) is 8.42 Å². The number of rotatable bonds is 13. The Bertz CT molecular complexity index is 670. The lowest BCUT2D eigenvalue weighted by atomic mass is 10.0. The fourth-order valence-corrected chi connectivity index (χ4v) is 4.24. The molecule has 0 bridgehead atoms. The summed E-state index contributed by atoms with van der Waals surface area (Å²) in [6.45, 7) is 1.31. The van der Waals surface area contributed by atoms with Gasteiger partial charge in [0.2, 0.25) is 10.0 Å². The average molecular weight is 384 g/mol. The summed E-state index contributed by atoms with van der Waals surface area (Å²) in [5.41, 5.74) is 0.986. The molecule has 3 rings (SSSR count). The minimum Gasteiger partial charge on any atom is -0.493 e. The Morgan fingerprint density at radius 3 is 2.73 bits per heavy atom. The van der Waals surface area contributed by atoms with Crippen molar-refractivity contribution in [2.75, 3.05) is 32.9 Å². The second-order valence-corrected chi connectivity index (χ2v) is 9.12. The summed E-state index contributed by atoms with van der Waals surface area (Å²) in [5, 5.41) is 0. The first-order chi connectivity index (χ1) is 12.6. The Hall–Kier alpha value is -1.15. The van der Waals surface area contributed by atoms with E-state index < -0.39 is 10.0 Å². The normalized spacial score (nSPS) is 18.7. The van der Waals surface area contributed by atoms with Crippen molar-refractivity contribution in [3.8, 4) is 5.75 Å². The Morgan fingerprint density at radius 1 is 1.23 bits per heavy atom. The minimum atomic E-state index is -3.36. The van der Waals surface area contributed by atoms with Crippen molar-refractivity contribution in [2.45, 2.75) is 38.1 Å². The molecule has 1 unspecified atom stereocenters. The highest BCUT2D eigenvalue weighted by atomic mass is 32.2. The van der Waals surface area contributed by atoms with E-state index >= 15 is 0 Å². The molecule has 2 aliphatic rings. The summed E-state index contributed by atoms with van der Waals surface area (Å²) >= 11 is 0. The van der Waals surface area contributed by atoms with Gasteiger partial charge in [-0.15, -0.1) is 0 Å². The lowest BCUT2D eigenvalue weighted by Crippen LogP contribution is -2.32. The molecule has 2 saturated carbocycles. The monoisotopic (exact) mass is 383 g/mol. The van der Waals surface area contributed by atoms with Gasteiger partial charge in [-0.05, 0) is 61.6 Å². The fourth-order valence-electron chi connectivity index (χ4n) is 2.91. The highest BCUT2D eigenvalue weighted by molar-refractivity contribution is 7.89. The van der Waals surface area contributed by atoms with Crippen molar-refractivity contribution in [3.63, 3.8) is 0 Å². The van der Waals surface area contributed by atoms with Crippen LogP contribution < -0.4 is 9.46 Å².